The summed E-state index contributed by atoms with van der Waals surface area (Å²) < 4.78 is 1.02. The number of hydrogen-bond acceptors (Lipinski definition) is 13. The summed E-state index contributed by atoms with van der Waals surface area (Å²) in [5, 5.41) is 46.5. The Labute approximate surface area is 426 Å². The molecule has 2 rings (SSSR count). The third kappa shape index (κ3) is 22.5. The van der Waals surface area contributed by atoms with Gasteiger partial charge < -0.3 is 70.0 Å². The molecule has 0 spiro atoms. The molecule has 22 heteroatoms. The van der Waals surface area contributed by atoms with Crippen LogP contribution in [0.3, 0.4) is 0 Å². The van der Waals surface area contributed by atoms with Crippen molar-refractivity contribution in [3.05, 3.63) is 57.2 Å². The number of nitrogens with two attached hydrogens (primary N) is 4. The summed E-state index contributed by atoms with van der Waals surface area (Å²) in [6.07, 6.45) is 2.70. The molecule has 70 heavy (non-hydrogen) atoms. The fourth-order valence-electron chi connectivity index (χ4n) is 7.64. The normalized spacial score (nSPS) is 14.4. The number of carbonyl (C=O) groups is 7. The number of halogens is 1. The predicted octanol–water partition coefficient (Wildman–Crippen LogP) is -0.421. The molecule has 0 aliphatic carbocycles. The maximum atomic E-state index is 14.4. The Hall–Kier alpha value is -4.88. The zero-order valence-corrected chi connectivity index (χ0v) is 43.6. The second-order valence-corrected chi connectivity index (χ2v) is 20.4. The van der Waals surface area contributed by atoms with Crippen molar-refractivity contribution in [3.63, 3.8) is 0 Å². The number of nitrogens with one attached hydrogen (secondary N) is 6. The minimum absolute atomic E-state index is 0.00446. The Morgan fingerprint density at radius 2 is 0.929 bits per heavy atom. The van der Waals surface area contributed by atoms with E-state index >= 15 is 0 Å². The van der Waals surface area contributed by atoms with Crippen molar-refractivity contribution in [2.24, 2.45) is 40.7 Å². The van der Waals surface area contributed by atoms with E-state index in [1.54, 1.807) is 0 Å². The predicted molar refractivity (Wildman–Crippen MR) is 277 cm³/mol. The molecule has 17 N–H and O–H groups in total. The molecule has 0 aromatic heterocycles. The lowest BCUT2D eigenvalue weighted by molar-refractivity contribution is -0.136. The summed E-state index contributed by atoms with van der Waals surface area (Å²) in [4.78, 5) is 96.5. The molecule has 0 radical (unpaired) electrons. The van der Waals surface area contributed by atoms with Gasteiger partial charge >= 0.3 is 7.12 Å². The summed E-state index contributed by atoms with van der Waals surface area (Å²) in [6, 6.07) is 3.21. The van der Waals surface area contributed by atoms with Crippen LogP contribution >= 0.6 is 22.6 Å². The highest BCUT2D eigenvalue weighted by Crippen LogP contribution is 2.15. The number of rotatable bonds is 32. The molecular formula is C48H78BIN10O10. The molecule has 390 valence electrons. The molecular weight excluding hydrogens is 1010 g/mol. The van der Waals surface area contributed by atoms with Gasteiger partial charge in [0.2, 0.25) is 41.4 Å². The smallest absolute Gasteiger partial charge is 0.492 e. The molecule has 0 saturated heterocycles. The van der Waals surface area contributed by atoms with Crippen LogP contribution in [0.4, 0.5) is 0 Å². The molecule has 0 aliphatic heterocycles. The minimum Gasteiger partial charge on any atom is -0.508 e. The second kappa shape index (κ2) is 31.5. The Morgan fingerprint density at radius 1 is 0.543 bits per heavy atom. The minimum atomic E-state index is -2.08. The van der Waals surface area contributed by atoms with E-state index in [-0.39, 0.29) is 73.7 Å². The van der Waals surface area contributed by atoms with E-state index in [0.29, 0.717) is 38.8 Å². The number of hydrogen-bond donors (Lipinski definition) is 13. The highest BCUT2D eigenvalue weighted by Gasteiger charge is 2.35. The largest absolute Gasteiger partial charge is 0.508 e. The average molecular weight is 1090 g/mol. The van der Waals surface area contributed by atoms with Gasteiger partial charge in [-0.15, -0.1) is 0 Å². The number of phenolic OH excluding ortho intramolecular Hbond substituents is 1. The first-order valence-corrected chi connectivity index (χ1v) is 25.2. The van der Waals surface area contributed by atoms with E-state index in [9.17, 15) is 48.7 Å². The monoisotopic (exact) mass is 1090 g/mol. The Balaban J connectivity index is 2.50. The van der Waals surface area contributed by atoms with Crippen LogP contribution in [-0.4, -0.2) is 119 Å². The first-order valence-electron chi connectivity index (χ1n) is 24.2. The van der Waals surface area contributed by atoms with Crippen molar-refractivity contribution in [1.82, 2.24) is 31.9 Å². The van der Waals surface area contributed by atoms with Crippen LogP contribution in [0.5, 0.6) is 5.75 Å². The van der Waals surface area contributed by atoms with E-state index in [2.05, 4.69) is 54.5 Å². The van der Waals surface area contributed by atoms with Crippen molar-refractivity contribution in [2.45, 2.75) is 154 Å². The van der Waals surface area contributed by atoms with E-state index in [1.165, 1.54) is 18.2 Å². The topological polar surface area (TPSA) is 356 Å². The Bertz CT molecular complexity index is 2010. The number of phenols is 1. The van der Waals surface area contributed by atoms with Crippen molar-refractivity contribution < 1.29 is 48.7 Å². The molecule has 2 aromatic carbocycles. The van der Waals surface area contributed by atoms with Gasteiger partial charge in [-0.1, -0.05) is 65.8 Å². The first kappa shape index (κ1) is 61.2. The van der Waals surface area contributed by atoms with Crippen LogP contribution in [0.2, 0.25) is 0 Å². The van der Waals surface area contributed by atoms with Crippen molar-refractivity contribution in [2.75, 3.05) is 13.1 Å². The SMILES string of the molecule is CC(C)C[C@H](NC(=O)[C@H](CC(C)C)NC(=O)[C@H](Cc1ccc(O)c(B(O)O)c1)NC(=O)[C@H](CC(C)C)NC(=O)[C@H](CCCCN)NC(=O)[C@H](CCCCN)NC(=O)[C@@H](N)Cc1ccc(I)cc1)C(N)=O. The molecule has 0 fully saturated rings. The highest BCUT2D eigenvalue weighted by molar-refractivity contribution is 14.1. The Morgan fingerprint density at radius 3 is 1.37 bits per heavy atom. The van der Waals surface area contributed by atoms with Gasteiger partial charge in [-0.2, -0.15) is 0 Å². The standard InChI is InChI=1S/C48H78BIN10O10/c1-27(2)21-37(42(54)62)57-46(66)38(22-28(3)4)59-48(68)40(26-31-15-18-41(61)33(24-31)49(69)70)60-47(67)39(23-29(5)6)58-45(65)36(12-8-10-20-52)56-44(64)35(11-7-9-19-51)55-43(63)34(53)25-30-13-16-32(50)17-14-30/h13-18,24,27-29,34-40,61,69-70H,7-12,19-23,25-26,51-53H2,1-6H3,(H2,54,62)(H,55,63)(H,56,64)(H,57,66)(H,58,65)(H,59,68)(H,60,67)/t34-,35-,36-,37-,38-,39-,40-/m0/s1. The van der Waals surface area contributed by atoms with Crippen LogP contribution in [0.1, 0.15) is 110 Å². The van der Waals surface area contributed by atoms with Gasteiger partial charge in [0.1, 0.15) is 42.0 Å². The number of carbonyl (C=O) groups excluding carboxylic acids is 7. The van der Waals surface area contributed by atoms with Crippen LogP contribution in [-0.2, 0) is 46.4 Å². The molecule has 20 nitrogen and oxygen atoms in total. The van der Waals surface area contributed by atoms with Gasteiger partial charge in [0.15, 0.2) is 0 Å². The molecule has 0 saturated carbocycles. The quantitative estimate of drug-likeness (QED) is 0.0252. The summed E-state index contributed by atoms with van der Waals surface area (Å²) >= 11 is 2.17. The van der Waals surface area contributed by atoms with Crippen LogP contribution < -0.4 is 60.3 Å². The fourth-order valence-corrected chi connectivity index (χ4v) is 8.00. The summed E-state index contributed by atoms with van der Waals surface area (Å²) in [5.74, 6) is -5.71. The van der Waals surface area contributed by atoms with E-state index in [0.717, 1.165) is 9.13 Å². The summed E-state index contributed by atoms with van der Waals surface area (Å²) in [7, 11) is -2.08. The lowest BCUT2D eigenvalue weighted by Crippen LogP contribution is -2.60. The molecule has 7 amide bonds. The van der Waals surface area contributed by atoms with Gasteiger partial charge in [-0.05, 0) is 147 Å². The maximum absolute atomic E-state index is 14.4. The van der Waals surface area contributed by atoms with Crippen molar-refractivity contribution in [1.29, 1.82) is 0 Å². The number of amides is 7. The molecule has 0 heterocycles. The van der Waals surface area contributed by atoms with Gasteiger partial charge in [0.05, 0.1) is 6.04 Å². The molecule has 0 unspecified atom stereocenters. The zero-order chi connectivity index (χ0) is 52.7. The lowest BCUT2D eigenvalue weighted by atomic mass is 9.78. The number of unbranched alkanes of at least 4 members (excludes halogenated alkanes) is 2. The second-order valence-electron chi connectivity index (χ2n) is 19.1. The lowest BCUT2D eigenvalue weighted by Gasteiger charge is -2.29. The number of benzene rings is 2. The first-order chi connectivity index (χ1) is 32.9. The maximum Gasteiger partial charge on any atom is 0.492 e. The third-order valence-corrected chi connectivity index (χ3v) is 12.1. The zero-order valence-electron chi connectivity index (χ0n) is 41.5. The molecule has 0 bridgehead atoms. The van der Waals surface area contributed by atoms with Crippen molar-refractivity contribution >= 4 is 76.5 Å². The van der Waals surface area contributed by atoms with Crippen LogP contribution in [0, 0.1) is 21.3 Å². The van der Waals surface area contributed by atoms with E-state index in [1.807, 2.05) is 65.8 Å². The van der Waals surface area contributed by atoms with Gasteiger partial charge in [-0.3, -0.25) is 33.6 Å². The molecule has 2 aromatic rings. The summed E-state index contributed by atoms with van der Waals surface area (Å²) in [6.45, 7) is 11.7. The molecule has 0 aliphatic rings. The fraction of sp³-hybridized carbons (Fsp3) is 0.604. The highest BCUT2D eigenvalue weighted by atomic mass is 127. The van der Waals surface area contributed by atoms with E-state index in [4.69, 9.17) is 22.9 Å². The van der Waals surface area contributed by atoms with Gasteiger partial charge in [0.25, 0.3) is 0 Å². The van der Waals surface area contributed by atoms with Gasteiger partial charge in [0, 0.05) is 15.5 Å². The summed E-state index contributed by atoms with van der Waals surface area (Å²) in [5.41, 5.74) is 24.3. The number of primary amides is 1. The van der Waals surface area contributed by atoms with Crippen LogP contribution in [0.15, 0.2) is 42.5 Å². The average Bonchev–Trinajstić information content (AvgIpc) is 3.27. The van der Waals surface area contributed by atoms with Crippen LogP contribution in [0.25, 0.3) is 0 Å². The van der Waals surface area contributed by atoms with Gasteiger partial charge in [-0.25, -0.2) is 0 Å². The number of aromatic hydroxyl groups is 1. The van der Waals surface area contributed by atoms with Crippen molar-refractivity contribution in [3.8, 4) is 5.75 Å². The van der Waals surface area contributed by atoms with E-state index < -0.39 is 96.5 Å². The molecule has 7 atom stereocenters. The third-order valence-electron chi connectivity index (χ3n) is 11.4. The Kier molecular flexibility index (Phi) is 27.5.